The lowest BCUT2D eigenvalue weighted by Gasteiger charge is -2.04. The normalized spacial score (nSPS) is 9.77. The summed E-state index contributed by atoms with van der Waals surface area (Å²) in [6.45, 7) is 2.05. The number of hydrogen-bond acceptors (Lipinski definition) is 1. The van der Waals surface area contributed by atoms with Gasteiger partial charge in [-0.25, -0.2) is 0 Å². The summed E-state index contributed by atoms with van der Waals surface area (Å²) in [5.41, 5.74) is 1.66. The van der Waals surface area contributed by atoms with Crippen molar-refractivity contribution < 1.29 is 4.79 Å². The van der Waals surface area contributed by atoms with Gasteiger partial charge in [-0.2, -0.15) is 3.94 Å². The Labute approximate surface area is 87.3 Å². The molecule has 0 saturated carbocycles. The van der Waals surface area contributed by atoms with Crippen LogP contribution in [-0.4, -0.2) is 9.85 Å². The molecule has 0 atom stereocenters. The molecule has 0 bridgehead atoms. The minimum absolute atomic E-state index is 0.411. The number of hydrogen-bond donors (Lipinski definition) is 0. The number of amides is 1. The topological polar surface area (TPSA) is 20.3 Å². The molecule has 0 fully saturated rings. The van der Waals surface area contributed by atoms with Gasteiger partial charge < -0.3 is 0 Å². The van der Waals surface area contributed by atoms with E-state index in [9.17, 15) is 4.79 Å². The third-order valence-electron chi connectivity index (χ3n) is 1.76. The van der Waals surface area contributed by atoms with Crippen molar-refractivity contribution in [2.75, 3.05) is 0 Å². The number of nitrogens with zero attached hydrogens (tertiary/aromatic N) is 1. The van der Waals surface area contributed by atoms with Gasteiger partial charge in [-0.15, -0.1) is 0 Å². The first kappa shape index (κ1) is 10.4. The molecule has 1 aromatic carbocycles. The molecule has 0 radical (unpaired) electrons. The average molecular weight is 218 g/mol. The molecular weight excluding hydrogens is 209 g/mol. The molecular formula is C9H9Cl2NO. The van der Waals surface area contributed by atoms with E-state index in [-0.39, 0.29) is 0 Å². The van der Waals surface area contributed by atoms with Gasteiger partial charge in [0.15, 0.2) is 0 Å². The minimum atomic E-state index is -0.411. The highest BCUT2D eigenvalue weighted by atomic mass is 35.5. The standard InChI is InChI=1S/C9H9Cl2NO/c1-2-7-3-5-8(6-4-7)9(13)12(10)11/h3-6H,2H2,1H3. The van der Waals surface area contributed by atoms with Crippen LogP contribution >= 0.6 is 23.6 Å². The summed E-state index contributed by atoms with van der Waals surface area (Å²) in [6, 6.07) is 7.17. The molecule has 2 nitrogen and oxygen atoms in total. The molecule has 0 aliphatic carbocycles. The summed E-state index contributed by atoms with van der Waals surface area (Å²) >= 11 is 10.6. The Morgan fingerprint density at radius 3 is 2.23 bits per heavy atom. The summed E-state index contributed by atoms with van der Waals surface area (Å²) in [4.78, 5) is 11.2. The van der Waals surface area contributed by atoms with Crippen LogP contribution in [0.25, 0.3) is 0 Å². The zero-order valence-electron chi connectivity index (χ0n) is 7.13. The summed E-state index contributed by atoms with van der Waals surface area (Å²) in [7, 11) is 0. The number of aryl methyl sites for hydroxylation is 1. The van der Waals surface area contributed by atoms with Crippen molar-refractivity contribution in [3.05, 3.63) is 35.4 Å². The van der Waals surface area contributed by atoms with Crippen molar-refractivity contribution in [3.63, 3.8) is 0 Å². The predicted octanol–water partition coefficient (Wildman–Crippen LogP) is 3.00. The number of halogens is 2. The second-order valence-corrected chi connectivity index (χ2v) is 3.44. The van der Waals surface area contributed by atoms with Crippen molar-refractivity contribution in [2.45, 2.75) is 13.3 Å². The third kappa shape index (κ3) is 2.61. The number of carbonyl (C=O) groups excluding carboxylic acids is 1. The van der Waals surface area contributed by atoms with Crippen LogP contribution in [0.5, 0.6) is 0 Å². The van der Waals surface area contributed by atoms with Crippen molar-refractivity contribution in [3.8, 4) is 0 Å². The van der Waals surface area contributed by atoms with Crippen LogP contribution in [-0.2, 0) is 6.42 Å². The first-order chi connectivity index (χ1) is 6.15. The highest BCUT2D eigenvalue weighted by Crippen LogP contribution is 2.11. The van der Waals surface area contributed by atoms with Crippen molar-refractivity contribution >= 4 is 29.5 Å². The lowest BCUT2D eigenvalue weighted by Crippen LogP contribution is -2.10. The van der Waals surface area contributed by atoms with E-state index < -0.39 is 5.91 Å². The van der Waals surface area contributed by atoms with Crippen LogP contribution < -0.4 is 0 Å². The van der Waals surface area contributed by atoms with E-state index in [4.69, 9.17) is 23.6 Å². The molecule has 0 N–H and O–H groups in total. The van der Waals surface area contributed by atoms with Crippen molar-refractivity contribution in [1.29, 1.82) is 0 Å². The molecule has 0 aromatic heterocycles. The van der Waals surface area contributed by atoms with E-state index in [1.165, 1.54) is 5.56 Å². The molecule has 1 aromatic rings. The molecule has 13 heavy (non-hydrogen) atoms. The fourth-order valence-corrected chi connectivity index (χ4v) is 1.18. The quantitative estimate of drug-likeness (QED) is 0.698. The summed E-state index contributed by atoms with van der Waals surface area (Å²) in [5.74, 6) is -0.411. The van der Waals surface area contributed by atoms with Crippen LogP contribution in [0.15, 0.2) is 24.3 Å². The van der Waals surface area contributed by atoms with Gasteiger partial charge in [-0.1, -0.05) is 19.1 Å². The lowest BCUT2D eigenvalue weighted by molar-refractivity contribution is 0.0924. The zero-order valence-corrected chi connectivity index (χ0v) is 8.64. The van der Waals surface area contributed by atoms with Crippen molar-refractivity contribution in [2.24, 2.45) is 0 Å². The Balaban J connectivity index is 2.86. The smallest absolute Gasteiger partial charge is 0.266 e. The van der Waals surface area contributed by atoms with Crippen molar-refractivity contribution in [1.82, 2.24) is 3.94 Å². The van der Waals surface area contributed by atoms with Gasteiger partial charge in [0, 0.05) is 29.1 Å². The SMILES string of the molecule is CCc1ccc(C(=O)N(Cl)Cl)cc1. The fourth-order valence-electron chi connectivity index (χ4n) is 0.981. The Hall–Kier alpha value is -0.730. The molecule has 0 heterocycles. The highest BCUT2D eigenvalue weighted by Gasteiger charge is 2.10. The predicted molar refractivity (Wildman–Crippen MR) is 53.7 cm³/mol. The summed E-state index contributed by atoms with van der Waals surface area (Å²) in [6.07, 6.45) is 0.944. The molecule has 0 aliphatic rings. The molecule has 0 spiro atoms. The molecule has 1 rings (SSSR count). The third-order valence-corrected chi connectivity index (χ3v) is 2.07. The monoisotopic (exact) mass is 217 g/mol. The average Bonchev–Trinajstić information content (AvgIpc) is 2.17. The largest absolute Gasteiger partial charge is 0.283 e. The second-order valence-electron chi connectivity index (χ2n) is 2.59. The van der Waals surface area contributed by atoms with E-state index in [0.717, 1.165) is 6.42 Å². The Bertz CT molecular complexity index is 295. The van der Waals surface area contributed by atoms with E-state index in [1.54, 1.807) is 12.1 Å². The number of carbonyl (C=O) groups is 1. The summed E-state index contributed by atoms with van der Waals surface area (Å²) < 4.78 is 0.529. The fraction of sp³-hybridized carbons (Fsp3) is 0.222. The second kappa shape index (κ2) is 4.49. The van der Waals surface area contributed by atoms with Gasteiger partial charge in [0.2, 0.25) is 0 Å². The minimum Gasteiger partial charge on any atom is -0.266 e. The van der Waals surface area contributed by atoms with E-state index in [0.29, 0.717) is 9.50 Å². The van der Waals surface area contributed by atoms with Gasteiger partial charge in [0.25, 0.3) is 5.91 Å². The van der Waals surface area contributed by atoms with Crippen LogP contribution in [0, 0.1) is 0 Å². The van der Waals surface area contributed by atoms with Crippen LogP contribution in [0.2, 0.25) is 0 Å². The van der Waals surface area contributed by atoms with E-state index in [2.05, 4.69) is 0 Å². The van der Waals surface area contributed by atoms with Gasteiger partial charge in [-0.3, -0.25) is 4.79 Å². The lowest BCUT2D eigenvalue weighted by atomic mass is 10.1. The maximum Gasteiger partial charge on any atom is 0.283 e. The summed E-state index contributed by atoms with van der Waals surface area (Å²) in [5, 5.41) is 0. The molecule has 0 saturated heterocycles. The molecule has 0 unspecified atom stereocenters. The Morgan fingerprint density at radius 1 is 1.31 bits per heavy atom. The van der Waals surface area contributed by atoms with Crippen LogP contribution in [0.3, 0.4) is 0 Å². The van der Waals surface area contributed by atoms with Gasteiger partial charge in [0.05, 0.1) is 0 Å². The zero-order chi connectivity index (χ0) is 9.84. The number of rotatable bonds is 2. The first-order valence-electron chi connectivity index (χ1n) is 3.90. The Kier molecular flexibility index (Phi) is 3.58. The van der Waals surface area contributed by atoms with Gasteiger partial charge >= 0.3 is 0 Å². The van der Waals surface area contributed by atoms with Gasteiger partial charge in [0.1, 0.15) is 0 Å². The number of benzene rings is 1. The van der Waals surface area contributed by atoms with E-state index in [1.807, 2.05) is 19.1 Å². The van der Waals surface area contributed by atoms with Gasteiger partial charge in [-0.05, 0) is 24.1 Å². The molecule has 1 amide bonds. The maximum absolute atomic E-state index is 11.2. The maximum atomic E-state index is 11.2. The molecule has 4 heteroatoms. The Morgan fingerprint density at radius 2 is 1.85 bits per heavy atom. The molecule has 0 aliphatic heterocycles. The highest BCUT2D eigenvalue weighted by molar-refractivity contribution is 6.43. The van der Waals surface area contributed by atoms with E-state index >= 15 is 0 Å². The first-order valence-corrected chi connectivity index (χ1v) is 4.57. The molecule has 70 valence electrons. The van der Waals surface area contributed by atoms with Crippen LogP contribution in [0.1, 0.15) is 22.8 Å². The van der Waals surface area contributed by atoms with Crippen LogP contribution in [0.4, 0.5) is 0 Å².